The lowest BCUT2D eigenvalue weighted by Crippen LogP contribution is -2.38. The highest BCUT2D eigenvalue weighted by atomic mass is 32.2. The molecule has 4 rings (SSSR count). The predicted octanol–water partition coefficient (Wildman–Crippen LogP) is 3.87. The topological polar surface area (TPSA) is 84.9 Å². The Kier molecular flexibility index (Phi) is 5.56. The molecule has 160 valence electrons. The highest BCUT2D eigenvalue weighted by Gasteiger charge is 2.27. The SMILES string of the molecule is Cc1cc(C)cc(N(CC(=O)Nc2ccc3c(c2)OCO3)S(=O)(=O)c2ccccc2)c1. The number of benzene rings is 3. The van der Waals surface area contributed by atoms with Crippen LogP contribution in [0.3, 0.4) is 0 Å². The first-order chi connectivity index (χ1) is 14.8. The summed E-state index contributed by atoms with van der Waals surface area (Å²) >= 11 is 0. The second-order valence-electron chi connectivity index (χ2n) is 7.29. The largest absolute Gasteiger partial charge is 0.454 e. The number of carbonyl (C=O) groups excluding carboxylic acids is 1. The van der Waals surface area contributed by atoms with Crippen molar-refractivity contribution in [3.8, 4) is 11.5 Å². The van der Waals surface area contributed by atoms with Gasteiger partial charge in [0.05, 0.1) is 10.6 Å². The van der Waals surface area contributed by atoms with Crippen LogP contribution in [0.5, 0.6) is 11.5 Å². The number of fused-ring (bicyclic) bond motifs is 1. The van der Waals surface area contributed by atoms with Crippen LogP contribution in [0.15, 0.2) is 71.6 Å². The predicted molar refractivity (Wildman–Crippen MR) is 118 cm³/mol. The maximum absolute atomic E-state index is 13.4. The summed E-state index contributed by atoms with van der Waals surface area (Å²) in [6, 6.07) is 18.5. The van der Waals surface area contributed by atoms with Crippen molar-refractivity contribution in [1.82, 2.24) is 0 Å². The summed E-state index contributed by atoms with van der Waals surface area (Å²) in [6.07, 6.45) is 0. The van der Waals surface area contributed by atoms with E-state index in [2.05, 4.69) is 5.32 Å². The van der Waals surface area contributed by atoms with E-state index in [1.54, 1.807) is 48.5 Å². The van der Waals surface area contributed by atoms with Gasteiger partial charge in [-0.3, -0.25) is 9.10 Å². The maximum Gasteiger partial charge on any atom is 0.264 e. The fourth-order valence-electron chi connectivity index (χ4n) is 3.43. The van der Waals surface area contributed by atoms with Crippen molar-refractivity contribution in [2.75, 3.05) is 23.0 Å². The lowest BCUT2D eigenvalue weighted by Gasteiger charge is -2.25. The molecule has 0 fully saturated rings. The minimum absolute atomic E-state index is 0.116. The second kappa shape index (κ2) is 8.31. The number of nitrogens with zero attached hydrogens (tertiary/aromatic N) is 1. The highest BCUT2D eigenvalue weighted by molar-refractivity contribution is 7.92. The lowest BCUT2D eigenvalue weighted by atomic mass is 10.1. The molecule has 1 N–H and O–H groups in total. The molecule has 7 nitrogen and oxygen atoms in total. The summed E-state index contributed by atoms with van der Waals surface area (Å²) in [7, 11) is -3.96. The molecule has 31 heavy (non-hydrogen) atoms. The van der Waals surface area contributed by atoms with Gasteiger partial charge in [-0.1, -0.05) is 24.3 Å². The van der Waals surface area contributed by atoms with Crippen LogP contribution in [0.25, 0.3) is 0 Å². The van der Waals surface area contributed by atoms with Gasteiger partial charge in [-0.05, 0) is 61.4 Å². The average Bonchev–Trinajstić information content (AvgIpc) is 3.19. The quantitative estimate of drug-likeness (QED) is 0.632. The molecule has 3 aromatic rings. The zero-order valence-electron chi connectivity index (χ0n) is 17.2. The normalized spacial score (nSPS) is 12.5. The van der Waals surface area contributed by atoms with E-state index in [9.17, 15) is 13.2 Å². The zero-order valence-corrected chi connectivity index (χ0v) is 18.0. The van der Waals surface area contributed by atoms with Crippen molar-refractivity contribution >= 4 is 27.3 Å². The molecule has 0 unspecified atom stereocenters. The van der Waals surface area contributed by atoms with Gasteiger partial charge in [0, 0.05) is 11.8 Å². The number of hydrogen-bond donors (Lipinski definition) is 1. The second-order valence-corrected chi connectivity index (χ2v) is 9.15. The Morgan fingerprint density at radius 3 is 2.32 bits per heavy atom. The number of hydrogen-bond acceptors (Lipinski definition) is 5. The van der Waals surface area contributed by atoms with Gasteiger partial charge in [-0.2, -0.15) is 0 Å². The Morgan fingerprint density at radius 2 is 1.61 bits per heavy atom. The van der Waals surface area contributed by atoms with E-state index < -0.39 is 15.9 Å². The first-order valence-electron chi connectivity index (χ1n) is 9.68. The van der Waals surface area contributed by atoms with Crippen molar-refractivity contribution in [2.24, 2.45) is 0 Å². The van der Waals surface area contributed by atoms with Crippen molar-refractivity contribution in [3.05, 3.63) is 77.9 Å². The molecular weight excluding hydrogens is 416 g/mol. The molecule has 0 atom stereocenters. The van der Waals surface area contributed by atoms with Gasteiger partial charge >= 0.3 is 0 Å². The van der Waals surface area contributed by atoms with Crippen molar-refractivity contribution in [2.45, 2.75) is 18.7 Å². The van der Waals surface area contributed by atoms with Gasteiger partial charge in [-0.25, -0.2) is 8.42 Å². The summed E-state index contributed by atoms with van der Waals surface area (Å²) in [5.41, 5.74) is 2.73. The van der Waals surface area contributed by atoms with Crippen molar-refractivity contribution < 1.29 is 22.7 Å². The van der Waals surface area contributed by atoms with Gasteiger partial charge in [0.1, 0.15) is 6.54 Å². The van der Waals surface area contributed by atoms with E-state index in [0.717, 1.165) is 15.4 Å². The molecule has 1 heterocycles. The number of nitrogens with one attached hydrogen (secondary N) is 1. The van der Waals surface area contributed by atoms with Crippen molar-refractivity contribution in [1.29, 1.82) is 0 Å². The Morgan fingerprint density at radius 1 is 0.935 bits per heavy atom. The van der Waals surface area contributed by atoms with Gasteiger partial charge in [-0.15, -0.1) is 0 Å². The van der Waals surface area contributed by atoms with Crippen LogP contribution < -0.4 is 19.1 Å². The summed E-state index contributed by atoms with van der Waals surface area (Å²) in [5.74, 6) is 0.653. The fraction of sp³-hybridized carbons (Fsp3) is 0.174. The Balaban J connectivity index is 1.65. The summed E-state index contributed by atoms with van der Waals surface area (Å²) in [5, 5.41) is 2.74. The van der Waals surface area contributed by atoms with Gasteiger partial charge in [0.15, 0.2) is 11.5 Å². The van der Waals surface area contributed by atoms with E-state index in [1.807, 2.05) is 19.9 Å². The minimum Gasteiger partial charge on any atom is -0.454 e. The Bertz CT molecular complexity index is 1210. The number of sulfonamides is 1. The average molecular weight is 439 g/mol. The van der Waals surface area contributed by atoms with E-state index in [1.165, 1.54) is 12.1 Å². The van der Waals surface area contributed by atoms with E-state index in [0.29, 0.717) is 22.9 Å². The molecule has 0 aliphatic carbocycles. The molecule has 0 spiro atoms. The van der Waals surface area contributed by atoms with Crippen LogP contribution in [-0.2, 0) is 14.8 Å². The summed E-state index contributed by atoms with van der Waals surface area (Å²) in [4.78, 5) is 13.0. The summed E-state index contributed by atoms with van der Waals surface area (Å²) < 4.78 is 38.5. The number of amides is 1. The monoisotopic (exact) mass is 438 g/mol. The molecule has 1 aliphatic rings. The first-order valence-corrected chi connectivity index (χ1v) is 11.1. The minimum atomic E-state index is -3.96. The van der Waals surface area contributed by atoms with Crippen LogP contribution in [0.1, 0.15) is 11.1 Å². The van der Waals surface area contributed by atoms with Crippen LogP contribution in [0.2, 0.25) is 0 Å². The smallest absolute Gasteiger partial charge is 0.264 e. The molecule has 0 bridgehead atoms. The van der Waals surface area contributed by atoms with Crippen LogP contribution in [0.4, 0.5) is 11.4 Å². The van der Waals surface area contributed by atoms with E-state index in [-0.39, 0.29) is 18.2 Å². The van der Waals surface area contributed by atoms with Crippen LogP contribution in [-0.4, -0.2) is 27.7 Å². The number of rotatable bonds is 6. The summed E-state index contributed by atoms with van der Waals surface area (Å²) in [6.45, 7) is 3.52. The molecule has 0 aromatic heterocycles. The van der Waals surface area contributed by atoms with Crippen LogP contribution >= 0.6 is 0 Å². The Hall–Kier alpha value is -3.52. The molecule has 8 heteroatoms. The standard InChI is InChI=1S/C23H22N2O5S/c1-16-10-17(2)12-19(11-16)25(31(27,28)20-6-4-3-5-7-20)14-23(26)24-18-8-9-21-22(13-18)30-15-29-21/h3-13H,14-15H2,1-2H3,(H,24,26). The molecule has 1 aliphatic heterocycles. The van der Waals surface area contributed by atoms with Crippen molar-refractivity contribution in [3.63, 3.8) is 0 Å². The van der Waals surface area contributed by atoms with E-state index >= 15 is 0 Å². The molecule has 0 radical (unpaired) electrons. The van der Waals surface area contributed by atoms with E-state index in [4.69, 9.17) is 9.47 Å². The molecule has 3 aromatic carbocycles. The third kappa shape index (κ3) is 4.49. The maximum atomic E-state index is 13.4. The first kappa shape index (κ1) is 20.7. The van der Waals surface area contributed by atoms with Crippen LogP contribution in [0, 0.1) is 13.8 Å². The number of ether oxygens (including phenoxy) is 2. The molecular formula is C23H22N2O5S. The zero-order chi connectivity index (χ0) is 22.0. The van der Waals surface area contributed by atoms with Gasteiger partial charge in [0.2, 0.25) is 12.7 Å². The van der Waals surface area contributed by atoms with Gasteiger partial charge < -0.3 is 14.8 Å². The number of carbonyl (C=O) groups is 1. The molecule has 0 saturated heterocycles. The Labute approximate surface area is 181 Å². The van der Waals surface area contributed by atoms with Gasteiger partial charge in [0.25, 0.3) is 10.0 Å². The number of anilines is 2. The third-order valence-electron chi connectivity index (χ3n) is 4.77. The number of aryl methyl sites for hydroxylation is 2. The third-order valence-corrected chi connectivity index (χ3v) is 6.56. The lowest BCUT2D eigenvalue weighted by molar-refractivity contribution is -0.114. The molecule has 1 amide bonds. The molecule has 0 saturated carbocycles. The highest BCUT2D eigenvalue weighted by Crippen LogP contribution is 2.34. The fourth-order valence-corrected chi connectivity index (χ4v) is 4.86.